The Labute approximate surface area is 724 Å². The molecule has 0 radical (unpaired) electrons. The van der Waals surface area contributed by atoms with Gasteiger partial charge in [0.05, 0.1) is 90.6 Å². The minimum absolute atomic E-state index is 0.0110. The van der Waals surface area contributed by atoms with E-state index < -0.39 is 155 Å². The van der Waals surface area contributed by atoms with Crippen LogP contribution in [0.1, 0.15) is 86.5 Å². The molecule has 124 heavy (non-hydrogen) atoms. The van der Waals surface area contributed by atoms with E-state index in [0.717, 1.165) is 30.8 Å². The number of aromatic nitrogens is 15. The second-order valence-electron chi connectivity index (χ2n) is 38.9. The minimum atomic E-state index is -1.55. The molecule has 10 aromatic rings. The zero-order valence-electron chi connectivity index (χ0n) is 74.3. The van der Waals surface area contributed by atoms with Gasteiger partial charge in [-0.1, -0.05) is 34.6 Å². The Morgan fingerprint density at radius 3 is 1.06 bits per heavy atom. The maximum absolute atomic E-state index is 14.7. The Morgan fingerprint density at radius 2 is 0.710 bits per heavy atom. The summed E-state index contributed by atoms with van der Waals surface area (Å²) in [6.07, 6.45) is 28.0. The highest BCUT2D eigenvalue weighted by molar-refractivity contribution is 7.73. The summed E-state index contributed by atoms with van der Waals surface area (Å²) in [5.74, 6) is 0.332. The molecule has 10 aromatic heterocycles. The third kappa shape index (κ3) is 19.5. The number of aliphatic hydroxyl groups excluding tert-OH is 6. The van der Waals surface area contributed by atoms with E-state index in [1.807, 2.05) is 39.2 Å². The molecule has 6 saturated heterocycles. The number of nitrogens with two attached hydrogens (primary N) is 5. The fourth-order valence-electron chi connectivity index (χ4n) is 18.4. The Bertz CT molecular complexity index is 5520. The van der Waals surface area contributed by atoms with Gasteiger partial charge in [0, 0.05) is 31.0 Å². The zero-order valence-corrected chi connectivity index (χ0v) is 78.8. The first-order chi connectivity index (χ1) is 57.5. The normalized spacial score (nSPS) is 31.4. The lowest BCUT2D eigenvalue weighted by atomic mass is 9.86. The molecule has 0 spiro atoms. The minimum Gasteiger partial charge on any atom is -0.397 e. The van der Waals surface area contributed by atoms with Crippen molar-refractivity contribution in [1.82, 2.24) is 72.7 Å². The number of aliphatic hydroxyl groups is 8. The molecule has 5 unspecified atom stereocenters. The van der Waals surface area contributed by atoms with Crippen LogP contribution in [0, 0.1) is 29.6 Å². The average Bonchev–Trinajstić information content (AvgIpc) is 1.56. The van der Waals surface area contributed by atoms with Gasteiger partial charge in [-0.05, 0) is 178 Å². The number of pyridine rings is 5. The number of hydrogen-bond acceptors (Lipinski definition) is 29. The highest BCUT2D eigenvalue weighted by atomic mass is 31.2. The summed E-state index contributed by atoms with van der Waals surface area (Å²) < 4.78 is 59.7. The van der Waals surface area contributed by atoms with Crippen LogP contribution in [0.4, 0.5) is 32.8 Å². The van der Waals surface area contributed by atoms with E-state index in [4.69, 9.17) is 57.1 Å². The molecule has 0 aliphatic carbocycles. The van der Waals surface area contributed by atoms with E-state index >= 15 is 0 Å². The molecule has 0 saturated carbocycles. The average molecular weight is 1820 g/mol. The van der Waals surface area contributed by atoms with E-state index in [9.17, 15) is 45.2 Å². The second-order valence-corrected chi connectivity index (χ2v) is 60.1. The number of anilines is 5. The van der Waals surface area contributed by atoms with Crippen molar-refractivity contribution < 1.29 is 73.7 Å². The summed E-state index contributed by atoms with van der Waals surface area (Å²) in [5.41, 5.74) is 33.2. The SMILES string of the molecule is C=P(C)(C)CC(C)[C@@]1(C)O[C@@H](n2cnc3c(N)ccnc32)[C@H](O)[C@@H]1O.C=P(C)(C)CC(C)[C@@]12CO[C@@H]([C@H](n3cnc4c(N)ccnc43)O1)[C@@H]2O.C=P(C)(C)CC(C)[C@H]1O[C@@H](n2cnc3c(N)ccnc32)[C@@](C)(O)[C@@H]1O.C=P(C)(C)CC(C)[C@H]1O[C@@H](n2cnc3c(N)ccnc32)[C@H](F)[C@@H]1O.C=P(C)(C)CC(C)[C@H]1O[C@@H](n2cnc3c(N)ccnc32)[C@](C)(O)[C@@H]1O. The molecule has 682 valence electrons. The smallest absolute Gasteiger partial charge is 0.173 e. The molecule has 40 heteroatoms. The first-order valence-corrected chi connectivity index (χ1v) is 56.6. The monoisotopic (exact) mass is 1820 g/mol. The third-order valence-corrected chi connectivity index (χ3v) is 32.1. The number of imidazole rings is 5. The zero-order chi connectivity index (χ0) is 91.3. The van der Waals surface area contributed by atoms with E-state index in [-0.39, 0.29) is 29.6 Å². The molecule has 6 aliphatic rings. The molecular formula is C84H130FN20O14P5. The first-order valence-electron chi connectivity index (χ1n) is 41.3. The molecule has 16 rings (SSSR count). The summed E-state index contributed by atoms with van der Waals surface area (Å²) >= 11 is 0. The molecule has 25 atom stereocenters. The maximum Gasteiger partial charge on any atom is 0.173 e. The van der Waals surface area contributed by atoms with Crippen molar-refractivity contribution in [3.8, 4) is 0 Å². The standard InChI is InChI=1S/C17H25N4O3P.3C17H27N4O3P.C16H24FN4O2P/c1-10(7-25(2,3)4)17-8-23-13(14(17)22)16(24-17)21-9-20-12-11(18)5-6-19-15(12)21;1-10(8-25(3,4)5)17(2)14(23)13(22)16(24-17)21-9-20-12-11(18)6-7-19-15(12)21;2*1-10(8-25(3,4)5)13-14(22)17(2,23)16(24-13)21-9-20-12-11(18)6-7-19-15(12)21;1-9(7-24(2,3)4)14-13(22)11(17)16(23-14)21-8-20-12-10(18)5-6-19-15(12)21/h5-6,9-10,13-14,16,22H,2,7-8H2,1,3-4H3,(H2,18,19);3*6-7,9-10,13-14,16,22-23H,3,8H2,1-2,4-5H3,(H2,18,19);5-6,8-9,11,13-14,16,22H,2,7H2,1,3-4H3,(H2,18,19)/t2*10?,13-,14+,16-,17-;10?,13-,14-,16-,17+;10?,13-,14-,16-,17-;9?,11-,13+,14-,16-/m11111/s1. The first kappa shape index (κ1) is 96.1. The largest absolute Gasteiger partial charge is 0.397 e. The van der Waals surface area contributed by atoms with Gasteiger partial charge in [-0.15, -0.1) is 65.9 Å². The summed E-state index contributed by atoms with van der Waals surface area (Å²) in [5, 5.41) is 85.9. The van der Waals surface area contributed by atoms with Crippen molar-refractivity contribution in [2.75, 3.05) is 133 Å². The molecule has 34 nitrogen and oxygen atoms in total. The summed E-state index contributed by atoms with van der Waals surface area (Å²) in [6.45, 7) is 30.7. The van der Waals surface area contributed by atoms with Crippen molar-refractivity contribution in [1.29, 1.82) is 0 Å². The number of nitrogen functional groups attached to an aromatic ring is 5. The maximum atomic E-state index is 14.7. The fraction of sp³-hybridized carbons (Fsp3) is 0.583. The highest BCUT2D eigenvalue weighted by Gasteiger charge is 2.65. The summed E-state index contributed by atoms with van der Waals surface area (Å²) in [4.78, 5) is 42.9. The van der Waals surface area contributed by atoms with Crippen LogP contribution in [0.3, 0.4) is 0 Å². The number of hydrogen-bond donors (Lipinski definition) is 13. The molecule has 0 aromatic carbocycles. The molecule has 6 aliphatic heterocycles. The predicted octanol–water partition coefficient (Wildman–Crippen LogP) is 7.45. The van der Waals surface area contributed by atoms with Crippen LogP contribution in [0.2, 0.25) is 0 Å². The third-order valence-electron chi connectivity index (χ3n) is 24.3. The highest BCUT2D eigenvalue weighted by Crippen LogP contribution is 2.55. The Hall–Kier alpha value is -7.03. The molecule has 6 fully saturated rings. The van der Waals surface area contributed by atoms with Crippen LogP contribution in [0.25, 0.3) is 55.8 Å². The van der Waals surface area contributed by atoms with Crippen LogP contribution >= 0.6 is 34.4 Å². The van der Waals surface area contributed by atoms with Gasteiger partial charge in [0.15, 0.2) is 65.5 Å². The quantitative estimate of drug-likeness (QED) is 0.0329. The van der Waals surface area contributed by atoms with Crippen molar-refractivity contribution >= 4 is 150 Å². The molecule has 0 amide bonds. The van der Waals surface area contributed by atoms with Gasteiger partial charge in [0.1, 0.15) is 87.1 Å². The molecular weight excluding hydrogens is 1690 g/mol. The number of nitrogens with zero attached hydrogens (tertiary/aromatic N) is 15. The number of rotatable bonds is 20. The Morgan fingerprint density at radius 1 is 0.403 bits per heavy atom. The fourth-order valence-corrected chi connectivity index (χ4v) is 27.3. The summed E-state index contributed by atoms with van der Waals surface area (Å²) in [6, 6.07) is 8.38. The van der Waals surface area contributed by atoms with E-state index in [2.05, 4.69) is 155 Å². The molecule has 18 N–H and O–H groups in total. The molecule has 2 bridgehead atoms. The molecule has 16 heterocycles. The number of halogens is 1. The van der Waals surface area contributed by atoms with E-state index in [1.165, 1.54) is 10.9 Å². The second kappa shape index (κ2) is 35.8. The number of alkyl halides is 1. The van der Waals surface area contributed by atoms with Crippen molar-refractivity contribution in [3.63, 3.8) is 0 Å². The van der Waals surface area contributed by atoms with Gasteiger partial charge in [0.25, 0.3) is 0 Å². The van der Waals surface area contributed by atoms with Gasteiger partial charge in [0.2, 0.25) is 0 Å². The predicted molar refractivity (Wildman–Crippen MR) is 504 cm³/mol. The van der Waals surface area contributed by atoms with E-state index in [1.54, 1.807) is 114 Å². The van der Waals surface area contributed by atoms with Crippen LogP contribution in [0.15, 0.2) is 93.0 Å². The Kier molecular flexibility index (Phi) is 27.7. The van der Waals surface area contributed by atoms with E-state index in [0.29, 0.717) is 90.9 Å². The summed E-state index contributed by atoms with van der Waals surface area (Å²) in [7, 11) is 0. The van der Waals surface area contributed by atoms with Gasteiger partial charge >= 0.3 is 0 Å². The van der Waals surface area contributed by atoms with Crippen LogP contribution in [-0.2, 0) is 28.4 Å². The lowest BCUT2D eigenvalue weighted by Gasteiger charge is -2.37. The van der Waals surface area contributed by atoms with Gasteiger partial charge in [-0.2, -0.15) is 0 Å². The van der Waals surface area contributed by atoms with Crippen molar-refractivity contribution in [3.05, 3.63) is 93.0 Å². The Balaban J connectivity index is 0.000000141. The lowest BCUT2D eigenvalue weighted by Crippen LogP contribution is -2.47. The topological polar surface area (TPSA) is 501 Å². The van der Waals surface area contributed by atoms with Crippen molar-refractivity contribution in [2.24, 2.45) is 29.6 Å². The number of ether oxygens (including phenoxy) is 6. The van der Waals surface area contributed by atoms with Crippen LogP contribution in [0.5, 0.6) is 0 Å². The van der Waals surface area contributed by atoms with Crippen LogP contribution < -0.4 is 28.7 Å². The van der Waals surface area contributed by atoms with Crippen LogP contribution in [-0.4, -0.2) is 339 Å². The number of fused-ring (bicyclic) bond motifs is 7. The van der Waals surface area contributed by atoms with Gasteiger partial charge < -0.3 is 97.9 Å². The lowest BCUT2D eigenvalue weighted by molar-refractivity contribution is -0.187. The van der Waals surface area contributed by atoms with Gasteiger partial charge in [-0.25, -0.2) is 54.2 Å². The van der Waals surface area contributed by atoms with Crippen molar-refractivity contribution in [2.45, 2.75) is 176 Å². The van der Waals surface area contributed by atoms with Gasteiger partial charge in [-0.3, -0.25) is 22.8 Å².